The molecule has 1 aromatic rings. The van der Waals surface area contributed by atoms with Gasteiger partial charge in [0.05, 0.1) is 17.2 Å². The van der Waals surface area contributed by atoms with Crippen molar-refractivity contribution in [1.29, 1.82) is 0 Å². The Balaban J connectivity index is 2.00. The number of hydrogen-bond acceptors (Lipinski definition) is 5. The fourth-order valence-electron chi connectivity index (χ4n) is 2.16. The molecule has 0 spiro atoms. The van der Waals surface area contributed by atoms with Crippen LogP contribution in [0.15, 0.2) is 24.3 Å². The van der Waals surface area contributed by atoms with Gasteiger partial charge >= 0.3 is 24.3 Å². The maximum atomic E-state index is 12.8. The van der Waals surface area contributed by atoms with Gasteiger partial charge in [0.15, 0.2) is 6.61 Å². The number of hydrogen-bond donors (Lipinski definition) is 0. The lowest BCUT2D eigenvalue weighted by Crippen LogP contribution is -2.33. The average molecular weight is 364 g/mol. The first kappa shape index (κ1) is 19.2. The third-order valence-electron chi connectivity index (χ3n) is 3.51. The summed E-state index contributed by atoms with van der Waals surface area (Å²) in [6.07, 6.45) is -2.61. The van der Waals surface area contributed by atoms with Gasteiger partial charge in [0, 0.05) is 6.61 Å². The van der Waals surface area contributed by atoms with Crippen molar-refractivity contribution in [1.82, 2.24) is 0 Å². The van der Waals surface area contributed by atoms with Gasteiger partial charge in [-0.2, -0.15) is 8.78 Å². The molecule has 0 unspecified atom stereocenters. The van der Waals surface area contributed by atoms with E-state index in [1.807, 2.05) is 0 Å². The molecule has 0 aromatic heterocycles. The first-order chi connectivity index (χ1) is 11.8. The van der Waals surface area contributed by atoms with E-state index in [0.29, 0.717) is 6.61 Å². The molecule has 2 rings (SSSR count). The highest BCUT2D eigenvalue weighted by atomic mass is 19.3. The van der Waals surface area contributed by atoms with Crippen molar-refractivity contribution in [3.8, 4) is 0 Å². The van der Waals surface area contributed by atoms with E-state index in [1.165, 1.54) is 18.2 Å². The Kier molecular flexibility index (Phi) is 6.35. The Hall–Kier alpha value is -2.16. The van der Waals surface area contributed by atoms with Crippen molar-refractivity contribution in [3.05, 3.63) is 35.4 Å². The zero-order chi connectivity index (χ0) is 18.4. The summed E-state index contributed by atoms with van der Waals surface area (Å²) in [6.45, 7) is -1.22. The normalized spacial score (nSPS) is 17.6. The molecule has 0 radical (unpaired) electrons. The van der Waals surface area contributed by atoms with Crippen LogP contribution >= 0.6 is 0 Å². The molecule has 1 fully saturated rings. The van der Waals surface area contributed by atoms with E-state index in [0.717, 1.165) is 18.9 Å². The summed E-state index contributed by atoms with van der Waals surface area (Å²) in [5, 5.41) is 0. The minimum Gasteiger partial charge on any atom is -0.459 e. The van der Waals surface area contributed by atoms with Crippen molar-refractivity contribution in [2.24, 2.45) is 0 Å². The summed E-state index contributed by atoms with van der Waals surface area (Å²) in [4.78, 5) is 23.9. The lowest BCUT2D eigenvalue weighted by Gasteiger charge is -2.16. The van der Waals surface area contributed by atoms with Crippen molar-refractivity contribution in [2.45, 2.75) is 31.3 Å². The first-order valence-electron chi connectivity index (χ1n) is 7.52. The summed E-state index contributed by atoms with van der Waals surface area (Å²) >= 11 is 0. The van der Waals surface area contributed by atoms with Crippen LogP contribution in [-0.4, -0.2) is 50.2 Å². The number of alkyl halides is 4. The molecule has 25 heavy (non-hydrogen) atoms. The second kappa shape index (κ2) is 8.28. The Morgan fingerprint density at radius 2 is 1.76 bits per heavy atom. The summed E-state index contributed by atoms with van der Waals surface area (Å²) in [7, 11) is 0. The molecular formula is C16H16F4O5. The van der Waals surface area contributed by atoms with E-state index in [2.05, 4.69) is 4.74 Å². The van der Waals surface area contributed by atoms with Gasteiger partial charge in [-0.3, -0.25) is 0 Å². The molecule has 5 nitrogen and oxygen atoms in total. The molecule has 0 saturated carbocycles. The van der Waals surface area contributed by atoms with Crippen LogP contribution < -0.4 is 0 Å². The van der Waals surface area contributed by atoms with Crippen molar-refractivity contribution >= 4 is 11.9 Å². The van der Waals surface area contributed by atoms with Crippen LogP contribution in [0.25, 0.3) is 0 Å². The van der Waals surface area contributed by atoms with E-state index in [1.54, 1.807) is 0 Å². The Bertz CT molecular complexity index is 614. The summed E-state index contributed by atoms with van der Waals surface area (Å²) in [5.74, 6) is -6.64. The highest BCUT2D eigenvalue weighted by molar-refractivity contribution is 6.03. The van der Waals surface area contributed by atoms with Gasteiger partial charge in [0.1, 0.15) is 6.61 Å². The molecule has 0 aliphatic carbocycles. The maximum Gasteiger partial charge on any atom is 0.340 e. The molecule has 1 aromatic carbocycles. The molecular weight excluding hydrogens is 348 g/mol. The zero-order valence-corrected chi connectivity index (χ0v) is 13.1. The van der Waals surface area contributed by atoms with E-state index in [4.69, 9.17) is 9.47 Å². The summed E-state index contributed by atoms with van der Waals surface area (Å²) in [5.41, 5.74) is -0.546. The number of carbonyl (C=O) groups is 2. The second-order valence-corrected chi connectivity index (χ2v) is 5.42. The van der Waals surface area contributed by atoms with Crippen molar-refractivity contribution in [2.75, 3.05) is 19.8 Å². The molecule has 138 valence electrons. The van der Waals surface area contributed by atoms with Gasteiger partial charge in [-0.25, -0.2) is 18.4 Å². The van der Waals surface area contributed by atoms with Crippen LogP contribution in [0.5, 0.6) is 0 Å². The first-order valence-corrected chi connectivity index (χ1v) is 7.52. The summed E-state index contributed by atoms with van der Waals surface area (Å²) < 4.78 is 64.4. The summed E-state index contributed by atoms with van der Waals surface area (Å²) in [6, 6.07) is 5.22. The lowest BCUT2D eigenvalue weighted by molar-refractivity contribution is -0.155. The third-order valence-corrected chi connectivity index (χ3v) is 3.51. The fraction of sp³-hybridized carbons (Fsp3) is 0.500. The number of ether oxygens (including phenoxy) is 3. The molecule has 0 amide bonds. The molecule has 0 N–H and O–H groups in total. The van der Waals surface area contributed by atoms with Crippen LogP contribution in [0.1, 0.15) is 33.6 Å². The maximum absolute atomic E-state index is 12.8. The van der Waals surface area contributed by atoms with Gasteiger partial charge in [0.25, 0.3) is 0 Å². The Labute approximate surface area is 140 Å². The number of esters is 2. The van der Waals surface area contributed by atoms with Gasteiger partial charge in [-0.1, -0.05) is 12.1 Å². The van der Waals surface area contributed by atoms with Crippen LogP contribution in [0.2, 0.25) is 0 Å². The third kappa shape index (κ3) is 5.15. The monoisotopic (exact) mass is 364 g/mol. The fourth-order valence-corrected chi connectivity index (χ4v) is 2.16. The van der Waals surface area contributed by atoms with Crippen LogP contribution in [-0.2, 0) is 14.2 Å². The number of rotatable bonds is 7. The largest absolute Gasteiger partial charge is 0.459 e. The van der Waals surface area contributed by atoms with Crippen molar-refractivity contribution < 1.29 is 41.4 Å². The molecule has 1 saturated heterocycles. The molecule has 1 atom stereocenters. The minimum atomic E-state index is -4.47. The van der Waals surface area contributed by atoms with E-state index < -0.39 is 30.9 Å². The predicted molar refractivity (Wildman–Crippen MR) is 76.9 cm³/mol. The SMILES string of the molecule is O=C(OC[C@H]1CCCO1)c1ccccc1C(=O)OCC(F)(F)C(F)F. The predicted octanol–water partition coefficient (Wildman–Crippen LogP) is 3.08. The standard InChI is InChI=1S/C16H16F4O5/c17-15(18)16(19,20)9-25-14(22)12-6-2-1-5-11(12)13(21)24-8-10-4-3-7-23-10/h1-2,5-6,10,15H,3-4,7-9H2/t10-/m1/s1. The lowest BCUT2D eigenvalue weighted by atomic mass is 10.1. The molecule has 1 aliphatic rings. The quantitative estimate of drug-likeness (QED) is 0.550. The zero-order valence-electron chi connectivity index (χ0n) is 13.1. The topological polar surface area (TPSA) is 61.8 Å². The molecule has 0 bridgehead atoms. The van der Waals surface area contributed by atoms with Gasteiger partial charge in [-0.05, 0) is 25.0 Å². The second-order valence-electron chi connectivity index (χ2n) is 5.42. The average Bonchev–Trinajstić information content (AvgIpc) is 3.11. The Morgan fingerprint density at radius 3 is 2.28 bits per heavy atom. The minimum absolute atomic E-state index is 0.00827. The molecule has 1 aliphatic heterocycles. The van der Waals surface area contributed by atoms with Crippen LogP contribution in [0.4, 0.5) is 17.6 Å². The number of carbonyl (C=O) groups excluding carboxylic acids is 2. The highest BCUT2D eigenvalue weighted by Crippen LogP contribution is 2.24. The van der Waals surface area contributed by atoms with E-state index in [9.17, 15) is 27.2 Å². The number of halogens is 4. The van der Waals surface area contributed by atoms with Crippen molar-refractivity contribution in [3.63, 3.8) is 0 Å². The Morgan fingerprint density at radius 1 is 1.16 bits per heavy atom. The van der Waals surface area contributed by atoms with Crippen LogP contribution in [0.3, 0.4) is 0 Å². The van der Waals surface area contributed by atoms with Gasteiger partial charge < -0.3 is 14.2 Å². The van der Waals surface area contributed by atoms with Gasteiger partial charge in [-0.15, -0.1) is 0 Å². The molecule has 1 heterocycles. The highest BCUT2D eigenvalue weighted by Gasteiger charge is 2.42. The van der Waals surface area contributed by atoms with E-state index in [-0.39, 0.29) is 23.8 Å². The van der Waals surface area contributed by atoms with E-state index >= 15 is 0 Å². The van der Waals surface area contributed by atoms with Gasteiger partial charge in [0.2, 0.25) is 0 Å². The number of benzene rings is 1. The smallest absolute Gasteiger partial charge is 0.340 e. The molecule has 9 heteroatoms. The van der Waals surface area contributed by atoms with Crippen LogP contribution in [0, 0.1) is 0 Å².